The molecule has 4 aromatic rings. The molecule has 3 aliphatic heterocycles. The van der Waals surface area contributed by atoms with E-state index in [9.17, 15) is 19.5 Å². The number of carbonyl (C=O) groups is 3. The molecule has 1 unspecified atom stereocenters. The molecule has 7 rings (SSSR count). The number of anilines is 1. The lowest BCUT2D eigenvalue weighted by Crippen LogP contribution is -2.43. The number of methoxy groups -OCH3 is 1. The van der Waals surface area contributed by atoms with E-state index >= 15 is 0 Å². The van der Waals surface area contributed by atoms with Gasteiger partial charge in [-0.15, -0.1) is 11.6 Å². The van der Waals surface area contributed by atoms with E-state index < -0.39 is 5.41 Å². The minimum Gasteiger partial charge on any atom is -0.507 e. The summed E-state index contributed by atoms with van der Waals surface area (Å²) >= 11 is 6.36. The van der Waals surface area contributed by atoms with Crippen molar-refractivity contribution in [2.24, 2.45) is 5.41 Å². The Hall–Kier alpha value is -4.28. The van der Waals surface area contributed by atoms with Crippen molar-refractivity contribution in [3.8, 4) is 17.2 Å². The normalized spacial score (nSPS) is 19.4. The lowest BCUT2D eigenvalue weighted by molar-refractivity contribution is -0.142. The first-order valence-electron chi connectivity index (χ1n) is 14.8. The second-order valence-corrected chi connectivity index (χ2v) is 12.1. The summed E-state index contributed by atoms with van der Waals surface area (Å²) in [5.74, 6) is 0.759. The van der Waals surface area contributed by atoms with Crippen LogP contribution in [0.3, 0.4) is 0 Å². The summed E-state index contributed by atoms with van der Waals surface area (Å²) in [4.78, 5) is 45.9. The van der Waals surface area contributed by atoms with Gasteiger partial charge in [0.05, 0.1) is 24.8 Å². The van der Waals surface area contributed by atoms with Crippen molar-refractivity contribution >= 4 is 56.7 Å². The summed E-state index contributed by atoms with van der Waals surface area (Å²) in [6, 6.07) is 14.5. The predicted octanol–water partition coefficient (Wildman–Crippen LogP) is 4.53. The van der Waals surface area contributed by atoms with Crippen LogP contribution in [0.1, 0.15) is 41.2 Å². The van der Waals surface area contributed by atoms with Crippen molar-refractivity contribution in [1.29, 1.82) is 0 Å². The molecular weight excluding hydrogens is 584 g/mol. The monoisotopic (exact) mass is 616 g/mol. The Morgan fingerprint density at radius 2 is 1.86 bits per heavy atom. The van der Waals surface area contributed by atoms with Gasteiger partial charge in [0.15, 0.2) is 11.5 Å². The molecule has 0 bridgehead atoms. The van der Waals surface area contributed by atoms with Crippen LogP contribution in [-0.4, -0.2) is 78.5 Å². The molecule has 44 heavy (non-hydrogen) atoms. The maximum Gasteiger partial charge on any atom is 0.274 e. The molecule has 0 radical (unpaired) electrons. The number of hydrogen-bond acceptors (Lipinski definition) is 7. The van der Waals surface area contributed by atoms with Crippen LogP contribution in [0, 0.1) is 5.41 Å². The Morgan fingerprint density at radius 1 is 1.09 bits per heavy atom. The highest BCUT2D eigenvalue weighted by Crippen LogP contribution is 2.46. The number of nitrogens with one attached hydrogen (secondary N) is 2. The van der Waals surface area contributed by atoms with E-state index in [1.165, 1.54) is 12.0 Å². The lowest BCUT2D eigenvalue weighted by atomic mass is 9.77. The van der Waals surface area contributed by atoms with Crippen molar-refractivity contribution < 1.29 is 29.0 Å². The summed E-state index contributed by atoms with van der Waals surface area (Å²) in [5.41, 5.74) is 2.07. The molecule has 228 valence electrons. The number of aromatic amines is 1. The average molecular weight is 617 g/mol. The summed E-state index contributed by atoms with van der Waals surface area (Å²) < 4.78 is 11.6. The highest BCUT2D eigenvalue weighted by atomic mass is 35.5. The zero-order valence-electron chi connectivity index (χ0n) is 24.3. The number of carbonyl (C=O) groups excluding carboxylic acids is 3. The van der Waals surface area contributed by atoms with E-state index in [0.29, 0.717) is 53.7 Å². The molecule has 0 aliphatic carbocycles. The van der Waals surface area contributed by atoms with E-state index in [2.05, 4.69) is 10.3 Å². The number of fused-ring (bicyclic) bond motifs is 4. The number of phenolic OH excluding ortho intramolecular Hbond substituents is 1. The number of imide groups is 1. The molecule has 2 fully saturated rings. The molecule has 3 amide bonds. The fourth-order valence-corrected chi connectivity index (χ4v) is 7.30. The smallest absolute Gasteiger partial charge is 0.274 e. The number of benzene rings is 3. The van der Waals surface area contributed by atoms with Crippen molar-refractivity contribution in [1.82, 2.24) is 15.2 Å². The largest absolute Gasteiger partial charge is 0.507 e. The van der Waals surface area contributed by atoms with Gasteiger partial charge in [0.1, 0.15) is 18.1 Å². The van der Waals surface area contributed by atoms with Crippen molar-refractivity contribution in [2.45, 2.75) is 25.2 Å². The van der Waals surface area contributed by atoms with Crippen LogP contribution >= 0.6 is 11.6 Å². The number of rotatable bonds is 7. The zero-order valence-corrected chi connectivity index (χ0v) is 25.1. The van der Waals surface area contributed by atoms with E-state index in [1.807, 2.05) is 24.3 Å². The number of amides is 3. The van der Waals surface area contributed by atoms with Gasteiger partial charge in [0.2, 0.25) is 11.8 Å². The van der Waals surface area contributed by atoms with Crippen LogP contribution in [0.25, 0.3) is 21.7 Å². The van der Waals surface area contributed by atoms with Crippen LogP contribution in [-0.2, 0) is 9.59 Å². The molecule has 1 spiro atoms. The molecule has 3 N–H and O–H groups in total. The Labute approximate surface area is 258 Å². The van der Waals surface area contributed by atoms with E-state index in [4.69, 9.17) is 21.1 Å². The lowest BCUT2D eigenvalue weighted by Gasteiger charge is -2.31. The van der Waals surface area contributed by atoms with Crippen LogP contribution in [0.5, 0.6) is 17.2 Å². The van der Waals surface area contributed by atoms with Crippen molar-refractivity contribution in [3.05, 3.63) is 59.8 Å². The third-order valence-corrected chi connectivity index (χ3v) is 9.71. The highest BCUT2D eigenvalue weighted by molar-refractivity contribution is 6.19. The third-order valence-electron chi connectivity index (χ3n) is 9.33. The topological polar surface area (TPSA) is 124 Å². The molecule has 3 aliphatic rings. The number of hydrogen-bond donors (Lipinski definition) is 3. The maximum atomic E-state index is 13.9. The van der Waals surface area contributed by atoms with E-state index in [0.717, 1.165) is 34.8 Å². The molecule has 1 atom stereocenters. The van der Waals surface area contributed by atoms with Gasteiger partial charge in [0, 0.05) is 53.2 Å². The second kappa shape index (κ2) is 11.0. The van der Waals surface area contributed by atoms with Crippen molar-refractivity contribution in [3.63, 3.8) is 0 Å². The minimum absolute atomic E-state index is 0.0791. The molecule has 3 aromatic carbocycles. The average Bonchev–Trinajstić information content (AvgIpc) is 3.69. The first-order valence-corrected chi connectivity index (χ1v) is 15.4. The minimum atomic E-state index is -0.585. The van der Waals surface area contributed by atoms with Gasteiger partial charge < -0.3 is 29.8 Å². The van der Waals surface area contributed by atoms with Gasteiger partial charge in [-0.1, -0.05) is 24.3 Å². The number of alkyl halides is 1. The number of halogens is 1. The van der Waals surface area contributed by atoms with Gasteiger partial charge in [-0.2, -0.15) is 0 Å². The summed E-state index contributed by atoms with van der Waals surface area (Å²) in [6.45, 7) is 2.13. The second-order valence-electron chi connectivity index (χ2n) is 11.8. The summed E-state index contributed by atoms with van der Waals surface area (Å²) in [5, 5.41) is 16.4. The van der Waals surface area contributed by atoms with Crippen molar-refractivity contribution in [2.75, 3.05) is 50.7 Å². The number of ether oxygens (including phenoxy) is 2. The van der Waals surface area contributed by atoms with Crippen LogP contribution < -0.4 is 19.7 Å². The molecule has 1 aromatic heterocycles. The molecule has 11 heteroatoms. The van der Waals surface area contributed by atoms with Gasteiger partial charge in [-0.3, -0.25) is 19.3 Å². The van der Waals surface area contributed by atoms with E-state index in [1.54, 1.807) is 29.2 Å². The zero-order chi connectivity index (χ0) is 30.6. The number of likely N-dealkylation sites (tertiary alicyclic amines) is 1. The Bertz CT molecular complexity index is 1810. The molecule has 10 nitrogen and oxygen atoms in total. The fourth-order valence-electron chi connectivity index (χ4n) is 7.05. The van der Waals surface area contributed by atoms with Gasteiger partial charge >= 0.3 is 0 Å². The van der Waals surface area contributed by atoms with Crippen LogP contribution in [0.4, 0.5) is 5.69 Å². The third kappa shape index (κ3) is 4.55. The number of aromatic hydroxyl groups is 1. The number of nitrogens with zero attached hydrogens (tertiary/aromatic N) is 2. The molecule has 2 saturated heterocycles. The molecule has 0 saturated carbocycles. The first-order chi connectivity index (χ1) is 21.3. The number of piperidine rings is 1. The van der Waals surface area contributed by atoms with Gasteiger partial charge in [-0.25, -0.2) is 0 Å². The van der Waals surface area contributed by atoms with Crippen LogP contribution in [0.15, 0.2) is 48.5 Å². The fraction of sp³-hybridized carbons (Fsp3) is 0.364. The summed E-state index contributed by atoms with van der Waals surface area (Å²) in [6.07, 6.45) is 1.59. The van der Waals surface area contributed by atoms with Gasteiger partial charge in [-0.05, 0) is 49.0 Å². The predicted molar refractivity (Wildman–Crippen MR) is 167 cm³/mol. The number of phenols is 1. The quantitative estimate of drug-likeness (QED) is 0.206. The maximum absolute atomic E-state index is 13.9. The van der Waals surface area contributed by atoms with Crippen LogP contribution in [0.2, 0.25) is 0 Å². The number of aromatic nitrogens is 1. The Kier molecular flexibility index (Phi) is 7.13. The first kappa shape index (κ1) is 28.5. The summed E-state index contributed by atoms with van der Waals surface area (Å²) in [7, 11) is 1.53. The Balaban J connectivity index is 1.12. The van der Waals surface area contributed by atoms with Gasteiger partial charge in [0.25, 0.3) is 5.91 Å². The number of H-pyrrole nitrogens is 1. The SMILES string of the molecule is COc1cc2[nH]c(C(=O)N3CC(CCl)c4c3cc(O)c3ccccc43)cc2cc1OCCN1C(=O)CC2(CCNCC2)C1=O. The van der Waals surface area contributed by atoms with E-state index in [-0.39, 0.29) is 49.0 Å². The molecule has 4 heterocycles. The highest BCUT2D eigenvalue weighted by Gasteiger charge is 2.51. The standard InChI is InChI=1S/C33H33ClN4O6/c1-43-27-14-23-19(13-28(27)44-11-10-37-29(40)16-33(32(37)42)6-8-35-9-7-33)12-24(36-23)31(41)38-18-20(17-34)30-22-5-3-2-4-21(22)26(39)15-25(30)38/h2-5,12-15,20,35-36,39H,6-11,16-18H2,1H3. The molecular formula is C33H33ClN4O6. The Morgan fingerprint density at radius 3 is 2.61 bits per heavy atom.